The van der Waals surface area contributed by atoms with Crippen LogP contribution in [0.3, 0.4) is 0 Å². The minimum atomic E-state index is -0.542. The van der Waals surface area contributed by atoms with Gasteiger partial charge in [-0.3, -0.25) is 0 Å². The normalized spacial score (nSPS) is 10.7. The Labute approximate surface area is 143 Å². The van der Waals surface area contributed by atoms with E-state index in [-0.39, 0.29) is 25.9 Å². The maximum atomic E-state index is 11.6. The molecule has 7 nitrogen and oxygen atoms in total. The van der Waals surface area contributed by atoms with Gasteiger partial charge in [-0.1, -0.05) is 12.1 Å². The molecule has 3 amide bonds. The van der Waals surface area contributed by atoms with E-state index in [1.807, 2.05) is 32.0 Å². The van der Waals surface area contributed by atoms with Crippen molar-refractivity contribution in [2.24, 2.45) is 0 Å². The minimum absolute atomic E-state index is 0.0651. The third-order valence-electron chi connectivity index (χ3n) is 3.09. The lowest BCUT2D eigenvalue weighted by molar-refractivity contribution is 0.0528. The fourth-order valence-corrected chi connectivity index (χ4v) is 1.78. The Morgan fingerprint density at radius 3 is 2.38 bits per heavy atom. The molecule has 24 heavy (non-hydrogen) atoms. The van der Waals surface area contributed by atoms with Gasteiger partial charge in [-0.15, -0.1) is 0 Å². The number of aryl methyl sites for hydroxylation is 1. The molecule has 1 aromatic rings. The number of carbonyl (C=O) groups is 2. The molecule has 3 N–H and O–H groups in total. The molecule has 0 aliphatic carbocycles. The van der Waals surface area contributed by atoms with E-state index < -0.39 is 11.7 Å². The number of nitrogens with one attached hydrogen (secondary N) is 3. The number of hydrogen-bond donors (Lipinski definition) is 3. The summed E-state index contributed by atoms with van der Waals surface area (Å²) in [6, 6.07) is 5.39. The van der Waals surface area contributed by atoms with Crippen LogP contribution in [0.2, 0.25) is 0 Å². The molecule has 0 atom stereocenters. The van der Waals surface area contributed by atoms with Crippen LogP contribution in [0.25, 0.3) is 0 Å². The van der Waals surface area contributed by atoms with Crippen molar-refractivity contribution in [2.75, 3.05) is 19.8 Å². The zero-order valence-corrected chi connectivity index (χ0v) is 15.0. The largest absolute Gasteiger partial charge is 0.473 e. The van der Waals surface area contributed by atoms with Gasteiger partial charge in [-0.05, 0) is 51.8 Å². The summed E-state index contributed by atoms with van der Waals surface area (Å²) < 4.78 is 10.6. The second-order valence-electron chi connectivity index (χ2n) is 6.35. The van der Waals surface area contributed by atoms with Crippen molar-refractivity contribution in [1.29, 1.82) is 0 Å². The van der Waals surface area contributed by atoms with E-state index in [9.17, 15) is 9.59 Å². The monoisotopic (exact) mass is 337 g/mol. The molecule has 0 unspecified atom stereocenters. The van der Waals surface area contributed by atoms with E-state index in [1.54, 1.807) is 20.8 Å². The molecule has 0 bridgehead atoms. The Bertz CT molecular complexity index is 567. The van der Waals surface area contributed by atoms with Gasteiger partial charge in [0, 0.05) is 13.1 Å². The summed E-state index contributed by atoms with van der Waals surface area (Å²) in [4.78, 5) is 23.0. The third kappa shape index (κ3) is 7.71. The predicted molar refractivity (Wildman–Crippen MR) is 92.2 cm³/mol. The van der Waals surface area contributed by atoms with Gasteiger partial charge in [0.2, 0.25) is 0 Å². The van der Waals surface area contributed by atoms with Gasteiger partial charge in [0.25, 0.3) is 0 Å². The number of urea groups is 1. The van der Waals surface area contributed by atoms with Crippen LogP contribution in [-0.4, -0.2) is 37.5 Å². The van der Waals surface area contributed by atoms with Crippen molar-refractivity contribution in [3.05, 3.63) is 29.3 Å². The summed E-state index contributed by atoms with van der Waals surface area (Å²) in [5.41, 5.74) is 1.63. The lowest BCUT2D eigenvalue weighted by atomic mass is 10.1. The van der Waals surface area contributed by atoms with Crippen molar-refractivity contribution < 1.29 is 19.1 Å². The third-order valence-corrected chi connectivity index (χ3v) is 3.09. The van der Waals surface area contributed by atoms with Crippen LogP contribution in [-0.2, 0) is 4.74 Å². The smallest absolute Gasteiger partial charge is 0.407 e. The summed E-state index contributed by atoms with van der Waals surface area (Å²) in [6.07, 6.45) is -0.511. The average Bonchev–Trinajstić information content (AvgIpc) is 2.46. The highest BCUT2D eigenvalue weighted by molar-refractivity contribution is 5.73. The van der Waals surface area contributed by atoms with Crippen LogP contribution in [0.1, 0.15) is 31.9 Å². The predicted octanol–water partition coefficient (Wildman–Crippen LogP) is 2.46. The Kier molecular flexibility index (Phi) is 7.35. The molecule has 0 heterocycles. The fraction of sp³-hybridized carbons (Fsp3) is 0.529. The highest BCUT2D eigenvalue weighted by atomic mass is 16.6. The molecule has 0 radical (unpaired) electrons. The van der Waals surface area contributed by atoms with Crippen molar-refractivity contribution in [3.63, 3.8) is 0 Å². The van der Waals surface area contributed by atoms with Gasteiger partial charge in [0.1, 0.15) is 11.4 Å². The number of hydrogen-bond acceptors (Lipinski definition) is 4. The van der Waals surface area contributed by atoms with Crippen LogP contribution in [0.4, 0.5) is 9.59 Å². The first-order valence-corrected chi connectivity index (χ1v) is 7.86. The first-order chi connectivity index (χ1) is 11.2. The molecule has 1 rings (SSSR count). The molecule has 0 spiro atoms. The topological polar surface area (TPSA) is 88.7 Å². The Balaban J connectivity index is 2.16. The molecule has 0 aromatic heterocycles. The van der Waals surface area contributed by atoms with E-state index in [2.05, 4.69) is 16.0 Å². The van der Waals surface area contributed by atoms with E-state index in [4.69, 9.17) is 9.47 Å². The van der Waals surface area contributed by atoms with Gasteiger partial charge in [-0.25, -0.2) is 9.59 Å². The Morgan fingerprint density at radius 2 is 1.71 bits per heavy atom. The first-order valence-electron chi connectivity index (χ1n) is 7.86. The van der Waals surface area contributed by atoms with Crippen LogP contribution in [0.15, 0.2) is 18.2 Å². The zero-order chi connectivity index (χ0) is 18.2. The molecular weight excluding hydrogens is 310 g/mol. The zero-order valence-electron chi connectivity index (χ0n) is 15.0. The van der Waals surface area contributed by atoms with E-state index in [0.29, 0.717) is 0 Å². The molecule has 0 aliphatic heterocycles. The van der Waals surface area contributed by atoms with Gasteiger partial charge in [0.05, 0.1) is 0 Å². The first kappa shape index (κ1) is 19.6. The van der Waals surface area contributed by atoms with E-state index >= 15 is 0 Å². The lowest BCUT2D eigenvalue weighted by Crippen LogP contribution is -2.42. The standard InChI is InChI=1S/C17H27N3O4/c1-12-7-6-8-14(13(12)2)23-11-20-15(21)18-9-10-19-16(22)24-17(3,4)5/h6-8H,9-11H2,1-5H3,(H,19,22)(H2,18,20,21). The van der Waals surface area contributed by atoms with Crippen molar-refractivity contribution in [2.45, 2.75) is 40.2 Å². The maximum Gasteiger partial charge on any atom is 0.407 e. The summed E-state index contributed by atoms with van der Waals surface area (Å²) in [5, 5.41) is 7.76. The second-order valence-corrected chi connectivity index (χ2v) is 6.35. The van der Waals surface area contributed by atoms with Crippen molar-refractivity contribution in [1.82, 2.24) is 16.0 Å². The molecule has 0 saturated heterocycles. The number of alkyl carbamates (subject to hydrolysis) is 1. The Morgan fingerprint density at radius 1 is 1.04 bits per heavy atom. The summed E-state index contributed by atoms with van der Waals surface area (Å²) >= 11 is 0. The quantitative estimate of drug-likeness (QED) is 0.549. The second kappa shape index (κ2) is 9.00. The molecule has 0 fully saturated rings. The highest BCUT2D eigenvalue weighted by Crippen LogP contribution is 2.19. The molecule has 7 heteroatoms. The molecule has 134 valence electrons. The summed E-state index contributed by atoms with van der Waals surface area (Å²) in [5.74, 6) is 0.738. The van der Waals surface area contributed by atoms with Crippen molar-refractivity contribution >= 4 is 12.1 Å². The van der Waals surface area contributed by atoms with Crippen molar-refractivity contribution in [3.8, 4) is 5.75 Å². The number of amides is 3. The minimum Gasteiger partial charge on any atom is -0.473 e. The highest BCUT2D eigenvalue weighted by Gasteiger charge is 2.15. The maximum absolute atomic E-state index is 11.6. The SMILES string of the molecule is Cc1cccc(OCNC(=O)NCCNC(=O)OC(C)(C)C)c1C. The summed E-state index contributed by atoms with van der Waals surface area (Å²) in [6.45, 7) is 9.95. The Hall–Kier alpha value is -2.44. The fourth-order valence-electron chi connectivity index (χ4n) is 1.78. The summed E-state index contributed by atoms with van der Waals surface area (Å²) in [7, 11) is 0. The van der Waals surface area contributed by atoms with Crippen LogP contribution >= 0.6 is 0 Å². The lowest BCUT2D eigenvalue weighted by Gasteiger charge is -2.19. The van der Waals surface area contributed by atoms with Gasteiger partial charge >= 0.3 is 12.1 Å². The molecule has 0 aliphatic rings. The number of carbonyl (C=O) groups excluding carboxylic acids is 2. The van der Waals surface area contributed by atoms with Gasteiger partial charge < -0.3 is 25.4 Å². The van der Waals surface area contributed by atoms with Crippen LogP contribution in [0.5, 0.6) is 5.75 Å². The molecule has 1 aromatic carbocycles. The number of benzene rings is 1. The van der Waals surface area contributed by atoms with Crippen LogP contribution < -0.4 is 20.7 Å². The number of ether oxygens (including phenoxy) is 2. The molecular formula is C17H27N3O4. The van der Waals surface area contributed by atoms with Gasteiger partial charge in [0.15, 0.2) is 6.73 Å². The van der Waals surface area contributed by atoms with Crippen LogP contribution in [0, 0.1) is 13.8 Å². The molecule has 0 saturated carbocycles. The van der Waals surface area contributed by atoms with Gasteiger partial charge in [-0.2, -0.15) is 0 Å². The van der Waals surface area contributed by atoms with E-state index in [1.165, 1.54) is 0 Å². The average molecular weight is 337 g/mol. The van der Waals surface area contributed by atoms with E-state index in [0.717, 1.165) is 16.9 Å². The number of rotatable bonds is 6.